The lowest BCUT2D eigenvalue weighted by Gasteiger charge is -2.30. The third-order valence-electron chi connectivity index (χ3n) is 3.42. The lowest BCUT2D eigenvalue weighted by Crippen LogP contribution is -2.31. The molecule has 4 heteroatoms. The van der Waals surface area contributed by atoms with Gasteiger partial charge in [-0.15, -0.1) is 11.6 Å². The third-order valence-corrected chi connectivity index (χ3v) is 3.65. The second kappa shape index (κ2) is 6.48. The van der Waals surface area contributed by atoms with Gasteiger partial charge in [0.25, 0.3) is 0 Å². The van der Waals surface area contributed by atoms with E-state index in [4.69, 9.17) is 16.3 Å². The molecule has 0 radical (unpaired) electrons. The summed E-state index contributed by atoms with van der Waals surface area (Å²) < 4.78 is 5.91. The highest BCUT2D eigenvalue weighted by atomic mass is 35.5. The second-order valence-corrected chi connectivity index (χ2v) is 5.14. The van der Waals surface area contributed by atoms with Crippen LogP contribution in [0, 0.1) is 6.92 Å². The normalized spacial score (nSPS) is 13.7. The van der Waals surface area contributed by atoms with Crippen molar-refractivity contribution in [2.75, 3.05) is 6.61 Å². The number of aryl methyl sites for hydroxylation is 1. The molecule has 0 aliphatic heterocycles. The van der Waals surface area contributed by atoms with Crippen molar-refractivity contribution in [3.63, 3.8) is 0 Å². The summed E-state index contributed by atoms with van der Waals surface area (Å²) >= 11 is 6.09. The van der Waals surface area contributed by atoms with Crippen LogP contribution in [0.1, 0.15) is 63.0 Å². The van der Waals surface area contributed by atoms with Crippen molar-refractivity contribution in [3.05, 3.63) is 23.3 Å². The molecule has 1 aromatic heterocycles. The van der Waals surface area contributed by atoms with Crippen LogP contribution in [0.15, 0.2) is 6.20 Å². The van der Waals surface area contributed by atoms with Crippen molar-refractivity contribution in [1.82, 2.24) is 9.97 Å². The van der Waals surface area contributed by atoms with E-state index in [1.807, 2.05) is 27.0 Å². The number of hydrogen-bond donors (Lipinski definition) is 0. The average molecular weight is 271 g/mol. The number of alkyl halides is 1. The predicted molar refractivity (Wildman–Crippen MR) is 74.9 cm³/mol. The topological polar surface area (TPSA) is 35.0 Å². The number of hydrogen-bond acceptors (Lipinski definition) is 3. The molecule has 0 amide bonds. The highest BCUT2D eigenvalue weighted by molar-refractivity contribution is 6.20. The molecule has 0 saturated heterocycles. The first-order valence-electron chi connectivity index (χ1n) is 6.62. The molecule has 1 aromatic rings. The number of rotatable bonds is 6. The quantitative estimate of drug-likeness (QED) is 0.729. The Balaban J connectivity index is 3.18. The van der Waals surface area contributed by atoms with E-state index < -0.39 is 0 Å². The Morgan fingerprint density at radius 2 is 1.94 bits per heavy atom. The average Bonchev–Trinajstić information content (AvgIpc) is 2.35. The number of ether oxygens (including phenoxy) is 1. The molecule has 0 aliphatic rings. The van der Waals surface area contributed by atoms with Gasteiger partial charge in [-0.1, -0.05) is 13.8 Å². The molecule has 1 atom stereocenters. The van der Waals surface area contributed by atoms with E-state index in [1.165, 1.54) is 0 Å². The first kappa shape index (κ1) is 15.4. The van der Waals surface area contributed by atoms with Crippen LogP contribution in [0.4, 0.5) is 0 Å². The Morgan fingerprint density at radius 3 is 2.33 bits per heavy atom. The molecular formula is C14H23ClN2O. The highest BCUT2D eigenvalue weighted by Gasteiger charge is 2.32. The van der Waals surface area contributed by atoms with Gasteiger partial charge in [0.15, 0.2) is 5.82 Å². The van der Waals surface area contributed by atoms with E-state index >= 15 is 0 Å². The van der Waals surface area contributed by atoms with Crippen LogP contribution in [-0.2, 0) is 10.3 Å². The van der Waals surface area contributed by atoms with Gasteiger partial charge in [0.1, 0.15) is 5.60 Å². The van der Waals surface area contributed by atoms with Gasteiger partial charge in [-0.3, -0.25) is 0 Å². The van der Waals surface area contributed by atoms with Gasteiger partial charge in [0, 0.05) is 24.1 Å². The summed E-state index contributed by atoms with van der Waals surface area (Å²) in [6, 6.07) is 0. The highest BCUT2D eigenvalue weighted by Crippen LogP contribution is 2.31. The van der Waals surface area contributed by atoms with Crippen molar-refractivity contribution in [2.24, 2.45) is 0 Å². The maximum atomic E-state index is 6.09. The fourth-order valence-corrected chi connectivity index (χ4v) is 2.41. The fraction of sp³-hybridized carbons (Fsp3) is 0.714. The van der Waals surface area contributed by atoms with Crippen LogP contribution in [0.3, 0.4) is 0 Å². The van der Waals surface area contributed by atoms with E-state index in [2.05, 4.69) is 23.8 Å². The Kier molecular flexibility index (Phi) is 5.54. The number of halogens is 1. The van der Waals surface area contributed by atoms with Crippen LogP contribution in [0.2, 0.25) is 0 Å². The minimum atomic E-state index is -0.367. The van der Waals surface area contributed by atoms with Gasteiger partial charge >= 0.3 is 0 Å². The van der Waals surface area contributed by atoms with Crippen LogP contribution >= 0.6 is 11.6 Å². The minimum absolute atomic E-state index is 0.0659. The lowest BCUT2D eigenvalue weighted by molar-refractivity contribution is -0.0573. The predicted octanol–water partition coefficient (Wildman–Crippen LogP) is 4.14. The van der Waals surface area contributed by atoms with E-state index in [-0.39, 0.29) is 11.0 Å². The van der Waals surface area contributed by atoms with Gasteiger partial charge < -0.3 is 4.74 Å². The summed E-state index contributed by atoms with van der Waals surface area (Å²) in [7, 11) is 0. The van der Waals surface area contributed by atoms with E-state index in [0.29, 0.717) is 6.61 Å². The van der Waals surface area contributed by atoms with Crippen molar-refractivity contribution in [1.29, 1.82) is 0 Å². The molecule has 1 unspecified atom stereocenters. The van der Waals surface area contributed by atoms with Crippen molar-refractivity contribution in [3.8, 4) is 0 Å². The Bertz CT molecular complexity index is 389. The summed E-state index contributed by atoms with van der Waals surface area (Å²) in [5.41, 5.74) is 1.56. The molecule has 3 nitrogen and oxygen atoms in total. The van der Waals surface area contributed by atoms with E-state index in [1.54, 1.807) is 0 Å². The summed E-state index contributed by atoms with van der Waals surface area (Å²) in [5.74, 6) is 0.771. The van der Waals surface area contributed by atoms with E-state index in [9.17, 15) is 0 Å². The standard InChI is InChI=1S/C14H23ClN2O/c1-6-14(7-2,18-8-3)13-16-9-12(10(4)15)11(5)17-13/h9-10H,6-8H2,1-5H3. The van der Waals surface area contributed by atoms with Crippen molar-refractivity contribution in [2.45, 2.75) is 58.4 Å². The van der Waals surface area contributed by atoms with Gasteiger partial charge in [0.05, 0.1) is 5.38 Å². The van der Waals surface area contributed by atoms with Crippen LogP contribution in [-0.4, -0.2) is 16.6 Å². The molecule has 0 saturated carbocycles. The van der Waals surface area contributed by atoms with Crippen LogP contribution in [0.5, 0.6) is 0 Å². The fourth-order valence-electron chi connectivity index (χ4n) is 2.20. The Morgan fingerprint density at radius 1 is 1.33 bits per heavy atom. The van der Waals surface area contributed by atoms with Crippen molar-refractivity contribution >= 4 is 11.6 Å². The molecule has 1 heterocycles. The monoisotopic (exact) mass is 270 g/mol. The summed E-state index contributed by atoms with van der Waals surface area (Å²) in [5, 5.41) is -0.0659. The second-order valence-electron chi connectivity index (χ2n) is 4.48. The maximum Gasteiger partial charge on any atom is 0.160 e. The zero-order chi connectivity index (χ0) is 13.8. The molecule has 18 heavy (non-hydrogen) atoms. The molecule has 1 rings (SSSR count). The maximum absolute atomic E-state index is 6.09. The summed E-state index contributed by atoms with van der Waals surface area (Å²) in [6.45, 7) is 10.8. The van der Waals surface area contributed by atoms with Gasteiger partial charge in [0.2, 0.25) is 0 Å². The molecule has 0 fully saturated rings. The zero-order valence-corrected chi connectivity index (χ0v) is 12.7. The van der Waals surface area contributed by atoms with E-state index in [0.717, 1.165) is 29.9 Å². The zero-order valence-electron chi connectivity index (χ0n) is 12.0. The Labute approximate surface area is 115 Å². The molecule has 0 spiro atoms. The molecule has 102 valence electrons. The van der Waals surface area contributed by atoms with Gasteiger partial charge in [-0.2, -0.15) is 0 Å². The molecule has 0 bridgehead atoms. The molecule has 0 N–H and O–H groups in total. The molecular weight excluding hydrogens is 248 g/mol. The Hall–Kier alpha value is -0.670. The third kappa shape index (κ3) is 3.01. The SMILES string of the molecule is CCOC(CC)(CC)c1ncc(C(C)Cl)c(C)n1. The first-order chi connectivity index (χ1) is 8.50. The first-order valence-corrected chi connectivity index (χ1v) is 7.06. The number of aromatic nitrogens is 2. The van der Waals surface area contributed by atoms with Crippen molar-refractivity contribution < 1.29 is 4.74 Å². The van der Waals surface area contributed by atoms with Crippen LogP contribution in [0.25, 0.3) is 0 Å². The summed E-state index contributed by atoms with van der Waals surface area (Å²) in [4.78, 5) is 9.08. The lowest BCUT2D eigenvalue weighted by atomic mass is 9.95. The smallest absolute Gasteiger partial charge is 0.160 e. The summed E-state index contributed by atoms with van der Waals surface area (Å²) in [6.07, 6.45) is 3.56. The molecule has 0 aromatic carbocycles. The van der Waals surface area contributed by atoms with Gasteiger partial charge in [-0.25, -0.2) is 9.97 Å². The molecule has 0 aliphatic carbocycles. The largest absolute Gasteiger partial charge is 0.367 e. The van der Waals surface area contributed by atoms with Crippen LogP contribution < -0.4 is 0 Å². The minimum Gasteiger partial charge on any atom is -0.367 e. The number of nitrogens with zero attached hydrogens (tertiary/aromatic N) is 2. The van der Waals surface area contributed by atoms with Gasteiger partial charge in [-0.05, 0) is 33.6 Å².